The number of likely N-dealkylation sites (tertiary alicyclic amines) is 1. The van der Waals surface area contributed by atoms with Crippen LogP contribution in [0, 0.1) is 11.6 Å². The quantitative estimate of drug-likeness (QED) is 0.910. The van der Waals surface area contributed by atoms with Crippen molar-refractivity contribution in [2.75, 3.05) is 18.4 Å². The van der Waals surface area contributed by atoms with Gasteiger partial charge in [-0.15, -0.1) is 0 Å². The summed E-state index contributed by atoms with van der Waals surface area (Å²) in [6, 6.07) is 3.33. The number of carbonyl (C=O) groups excluding carboxylic acids is 1. The molecule has 116 valence electrons. The third kappa shape index (κ3) is 4.31. The first-order valence-corrected chi connectivity index (χ1v) is 6.94. The lowest BCUT2D eigenvalue weighted by Crippen LogP contribution is -2.36. The zero-order valence-electron chi connectivity index (χ0n) is 12.5. The fourth-order valence-electron chi connectivity index (χ4n) is 2.20. The van der Waals surface area contributed by atoms with Gasteiger partial charge in [0, 0.05) is 25.2 Å². The van der Waals surface area contributed by atoms with Crippen LogP contribution in [-0.4, -0.2) is 35.7 Å². The molecule has 0 bridgehead atoms. The number of hydrogen-bond donors (Lipinski definition) is 1. The Morgan fingerprint density at radius 2 is 2.10 bits per heavy atom. The van der Waals surface area contributed by atoms with Gasteiger partial charge < -0.3 is 15.0 Å². The molecule has 1 aromatic carbocycles. The van der Waals surface area contributed by atoms with Crippen molar-refractivity contribution >= 4 is 11.8 Å². The molecule has 6 heteroatoms. The number of nitrogens with zero attached hydrogens (tertiary/aromatic N) is 1. The Bertz CT molecular complexity index is 529. The molecule has 4 nitrogen and oxygen atoms in total. The summed E-state index contributed by atoms with van der Waals surface area (Å²) >= 11 is 0. The lowest BCUT2D eigenvalue weighted by Gasteiger charge is -2.24. The molecule has 1 aliphatic heterocycles. The zero-order chi connectivity index (χ0) is 15.6. The molecule has 2 rings (SSSR count). The number of benzene rings is 1. The highest BCUT2D eigenvalue weighted by atomic mass is 19.1. The van der Waals surface area contributed by atoms with Gasteiger partial charge >= 0.3 is 6.09 Å². The first-order chi connectivity index (χ1) is 9.74. The number of hydrogen-bond acceptors (Lipinski definition) is 3. The van der Waals surface area contributed by atoms with Crippen LogP contribution in [0.15, 0.2) is 18.2 Å². The van der Waals surface area contributed by atoms with Gasteiger partial charge in [-0.3, -0.25) is 0 Å². The van der Waals surface area contributed by atoms with Crippen LogP contribution in [0.4, 0.5) is 19.3 Å². The standard InChI is InChI=1S/C15H20F2N2O2/c1-15(2,3)21-14(20)19-7-6-11(9-19)18-13-5-4-10(16)8-12(13)17/h4-5,8,11,18H,6-7,9H2,1-3H3/t11-/m1/s1. The van der Waals surface area contributed by atoms with E-state index >= 15 is 0 Å². The van der Waals surface area contributed by atoms with Crippen LogP contribution < -0.4 is 5.32 Å². The van der Waals surface area contributed by atoms with Gasteiger partial charge in [-0.05, 0) is 39.3 Å². The minimum atomic E-state index is -0.634. The normalized spacial score (nSPS) is 18.7. The number of rotatable bonds is 2. The Hall–Kier alpha value is -1.85. The van der Waals surface area contributed by atoms with E-state index in [1.165, 1.54) is 12.1 Å². The number of ether oxygens (including phenoxy) is 1. The number of amides is 1. The monoisotopic (exact) mass is 298 g/mol. The molecular formula is C15H20F2N2O2. The van der Waals surface area contributed by atoms with Crippen molar-refractivity contribution < 1.29 is 18.3 Å². The maximum atomic E-state index is 13.6. The Balaban J connectivity index is 1.92. The van der Waals surface area contributed by atoms with Crippen molar-refractivity contribution in [2.45, 2.75) is 38.8 Å². The highest BCUT2D eigenvalue weighted by molar-refractivity contribution is 5.68. The van der Waals surface area contributed by atoms with Crippen LogP contribution in [0.1, 0.15) is 27.2 Å². The number of nitrogens with one attached hydrogen (secondary N) is 1. The van der Waals surface area contributed by atoms with Crippen LogP contribution >= 0.6 is 0 Å². The smallest absolute Gasteiger partial charge is 0.410 e. The second-order valence-electron chi connectivity index (χ2n) is 6.18. The summed E-state index contributed by atoms with van der Waals surface area (Å²) in [7, 11) is 0. The van der Waals surface area contributed by atoms with Crippen LogP contribution in [0.25, 0.3) is 0 Å². The van der Waals surface area contributed by atoms with Crippen LogP contribution in [0.2, 0.25) is 0 Å². The van der Waals surface area contributed by atoms with E-state index in [9.17, 15) is 13.6 Å². The fourth-order valence-corrected chi connectivity index (χ4v) is 2.20. The zero-order valence-corrected chi connectivity index (χ0v) is 12.5. The number of halogens is 2. The number of carbonyl (C=O) groups is 1. The van der Waals surface area contributed by atoms with Crippen molar-refractivity contribution in [3.8, 4) is 0 Å². The first-order valence-electron chi connectivity index (χ1n) is 6.94. The molecule has 1 aliphatic rings. The molecule has 1 fully saturated rings. The van der Waals surface area contributed by atoms with E-state index < -0.39 is 17.2 Å². The molecular weight excluding hydrogens is 278 g/mol. The molecule has 1 atom stereocenters. The maximum absolute atomic E-state index is 13.6. The summed E-state index contributed by atoms with van der Waals surface area (Å²) < 4.78 is 31.7. The third-order valence-corrected chi connectivity index (χ3v) is 3.13. The average Bonchev–Trinajstić information content (AvgIpc) is 2.79. The molecule has 1 N–H and O–H groups in total. The molecule has 0 aromatic heterocycles. The van der Waals surface area contributed by atoms with Crippen molar-refractivity contribution in [1.29, 1.82) is 0 Å². The molecule has 0 spiro atoms. The fraction of sp³-hybridized carbons (Fsp3) is 0.533. The lowest BCUT2D eigenvalue weighted by atomic mass is 10.2. The molecule has 0 aliphatic carbocycles. The van der Waals surface area contributed by atoms with E-state index in [1.54, 1.807) is 4.90 Å². The second kappa shape index (κ2) is 5.87. The highest BCUT2D eigenvalue weighted by Gasteiger charge is 2.30. The van der Waals surface area contributed by atoms with Gasteiger partial charge in [-0.25, -0.2) is 13.6 Å². The third-order valence-electron chi connectivity index (χ3n) is 3.13. The minimum Gasteiger partial charge on any atom is -0.444 e. The minimum absolute atomic E-state index is 0.0718. The first kappa shape index (κ1) is 15.5. The van der Waals surface area contributed by atoms with Gasteiger partial charge in [0.2, 0.25) is 0 Å². The van der Waals surface area contributed by atoms with Gasteiger partial charge in [0.05, 0.1) is 5.69 Å². The molecule has 0 saturated carbocycles. The number of anilines is 1. The Labute approximate surface area is 123 Å². The summed E-state index contributed by atoms with van der Waals surface area (Å²) in [5, 5.41) is 2.99. The Morgan fingerprint density at radius 1 is 1.38 bits per heavy atom. The van der Waals surface area contributed by atoms with Gasteiger partial charge in [0.1, 0.15) is 17.2 Å². The van der Waals surface area contributed by atoms with Crippen LogP contribution in [-0.2, 0) is 4.74 Å². The van der Waals surface area contributed by atoms with Gasteiger partial charge in [0.25, 0.3) is 0 Å². The lowest BCUT2D eigenvalue weighted by molar-refractivity contribution is 0.0293. The Kier molecular flexibility index (Phi) is 4.34. The molecule has 0 unspecified atom stereocenters. The predicted molar refractivity (Wildman–Crippen MR) is 76.2 cm³/mol. The van der Waals surface area contributed by atoms with E-state index in [0.29, 0.717) is 19.5 Å². The summed E-state index contributed by atoms with van der Waals surface area (Å²) in [4.78, 5) is 13.5. The van der Waals surface area contributed by atoms with Gasteiger partial charge in [-0.2, -0.15) is 0 Å². The average molecular weight is 298 g/mol. The topological polar surface area (TPSA) is 41.6 Å². The van der Waals surface area contributed by atoms with Crippen LogP contribution in [0.5, 0.6) is 0 Å². The van der Waals surface area contributed by atoms with Crippen molar-refractivity contribution in [3.05, 3.63) is 29.8 Å². The van der Waals surface area contributed by atoms with E-state index in [0.717, 1.165) is 6.07 Å². The van der Waals surface area contributed by atoms with Gasteiger partial charge in [-0.1, -0.05) is 0 Å². The summed E-state index contributed by atoms with van der Waals surface area (Å²) in [6.07, 6.45) is 0.321. The predicted octanol–water partition coefficient (Wildman–Crippen LogP) is 3.39. The molecule has 1 aromatic rings. The maximum Gasteiger partial charge on any atom is 0.410 e. The summed E-state index contributed by atoms with van der Waals surface area (Å²) in [6.45, 7) is 6.42. The van der Waals surface area contributed by atoms with E-state index in [1.807, 2.05) is 20.8 Å². The molecule has 0 radical (unpaired) electrons. The molecule has 1 saturated heterocycles. The van der Waals surface area contributed by atoms with E-state index in [2.05, 4.69) is 5.32 Å². The Morgan fingerprint density at radius 3 is 2.71 bits per heavy atom. The molecule has 1 amide bonds. The molecule has 21 heavy (non-hydrogen) atoms. The van der Waals surface area contributed by atoms with Gasteiger partial charge in [0.15, 0.2) is 0 Å². The van der Waals surface area contributed by atoms with Crippen molar-refractivity contribution in [1.82, 2.24) is 4.90 Å². The summed E-state index contributed by atoms with van der Waals surface area (Å²) in [5.41, 5.74) is -0.293. The molecule has 1 heterocycles. The SMILES string of the molecule is CC(C)(C)OC(=O)N1CC[C@@H](Nc2ccc(F)cc2F)C1. The largest absolute Gasteiger partial charge is 0.444 e. The van der Waals surface area contributed by atoms with Crippen LogP contribution in [0.3, 0.4) is 0 Å². The van der Waals surface area contributed by atoms with Crippen molar-refractivity contribution in [2.24, 2.45) is 0 Å². The summed E-state index contributed by atoms with van der Waals surface area (Å²) in [5.74, 6) is -1.24. The second-order valence-corrected chi connectivity index (χ2v) is 6.18. The van der Waals surface area contributed by atoms with Crippen molar-refractivity contribution in [3.63, 3.8) is 0 Å². The van der Waals surface area contributed by atoms with E-state index in [4.69, 9.17) is 4.74 Å². The van der Waals surface area contributed by atoms with E-state index in [-0.39, 0.29) is 17.8 Å². The highest BCUT2D eigenvalue weighted by Crippen LogP contribution is 2.21.